The van der Waals surface area contributed by atoms with Gasteiger partial charge in [-0.2, -0.15) is 11.8 Å². The van der Waals surface area contributed by atoms with Crippen LogP contribution in [0.2, 0.25) is 0 Å². The van der Waals surface area contributed by atoms with E-state index in [-0.39, 0.29) is 24.5 Å². The summed E-state index contributed by atoms with van der Waals surface area (Å²) in [5.74, 6) is -4.75. The predicted molar refractivity (Wildman–Crippen MR) is 138 cm³/mol. The van der Waals surface area contributed by atoms with Gasteiger partial charge in [-0.25, -0.2) is 4.79 Å². The van der Waals surface area contributed by atoms with Crippen LogP contribution in [0.25, 0.3) is 0 Å². The Hall–Kier alpha value is -3.32. The number of benzene rings is 1. The molecule has 0 heterocycles. The van der Waals surface area contributed by atoms with Crippen LogP contribution in [0.15, 0.2) is 24.3 Å². The van der Waals surface area contributed by atoms with Crippen LogP contribution in [0.5, 0.6) is 5.75 Å². The highest BCUT2D eigenvalue weighted by Gasteiger charge is 2.31. The molecule has 0 radical (unpaired) electrons. The maximum Gasteiger partial charge on any atom is 0.326 e. The molecule has 1 rings (SSSR count). The lowest BCUT2D eigenvalue weighted by molar-refractivity contribution is -0.147. The van der Waals surface area contributed by atoms with Crippen LogP contribution in [-0.4, -0.2) is 81.2 Å². The van der Waals surface area contributed by atoms with Crippen LogP contribution in [0.4, 0.5) is 0 Å². The number of carbonyl (C=O) groups excluding carboxylic acids is 3. The van der Waals surface area contributed by atoms with Crippen LogP contribution in [0, 0.1) is 5.92 Å². The number of hydrogen-bond acceptors (Lipinski definition) is 8. The molecule has 5 unspecified atom stereocenters. The van der Waals surface area contributed by atoms with Crippen LogP contribution in [0.1, 0.15) is 38.7 Å². The number of carbonyl (C=O) groups is 5. The zero-order valence-electron chi connectivity index (χ0n) is 21.1. The Kier molecular flexibility index (Phi) is 13.5. The van der Waals surface area contributed by atoms with Gasteiger partial charge < -0.3 is 37.0 Å². The van der Waals surface area contributed by atoms with E-state index < -0.39 is 60.2 Å². The fourth-order valence-corrected chi connectivity index (χ4v) is 3.75. The van der Waals surface area contributed by atoms with Crippen molar-refractivity contribution in [3.63, 3.8) is 0 Å². The minimum Gasteiger partial charge on any atom is -0.508 e. The summed E-state index contributed by atoms with van der Waals surface area (Å²) in [7, 11) is 0. The minimum absolute atomic E-state index is 0.0238. The monoisotopic (exact) mass is 540 g/mol. The number of nitrogens with two attached hydrogens (primary N) is 1. The van der Waals surface area contributed by atoms with E-state index in [4.69, 9.17) is 10.8 Å². The molecule has 0 aliphatic carbocycles. The average molecular weight is 541 g/mol. The van der Waals surface area contributed by atoms with Crippen molar-refractivity contribution in [1.29, 1.82) is 0 Å². The van der Waals surface area contributed by atoms with Gasteiger partial charge in [0, 0.05) is 6.42 Å². The van der Waals surface area contributed by atoms with Gasteiger partial charge >= 0.3 is 11.9 Å². The van der Waals surface area contributed by atoms with Gasteiger partial charge in [-0.1, -0.05) is 32.4 Å². The van der Waals surface area contributed by atoms with Crippen molar-refractivity contribution in [3.05, 3.63) is 29.8 Å². The predicted octanol–water partition coefficient (Wildman–Crippen LogP) is 0.0749. The Morgan fingerprint density at radius 3 is 1.97 bits per heavy atom. The van der Waals surface area contributed by atoms with Gasteiger partial charge in [0.15, 0.2) is 0 Å². The molecular weight excluding hydrogens is 504 g/mol. The normalized spacial score (nSPS) is 14.9. The van der Waals surface area contributed by atoms with E-state index in [1.807, 2.05) is 6.92 Å². The van der Waals surface area contributed by atoms with Crippen LogP contribution in [-0.2, 0) is 30.4 Å². The Balaban J connectivity index is 3.14. The number of nitrogens with one attached hydrogen (secondary N) is 3. The van der Waals surface area contributed by atoms with Crippen molar-refractivity contribution >= 4 is 41.4 Å². The van der Waals surface area contributed by atoms with E-state index in [1.54, 1.807) is 25.3 Å². The largest absolute Gasteiger partial charge is 0.508 e. The molecule has 0 bridgehead atoms. The number of carboxylic acids is 2. The van der Waals surface area contributed by atoms with E-state index in [2.05, 4.69) is 16.0 Å². The third-order valence-electron chi connectivity index (χ3n) is 5.81. The first-order chi connectivity index (χ1) is 17.4. The van der Waals surface area contributed by atoms with E-state index in [9.17, 15) is 34.2 Å². The fraction of sp³-hybridized carbons (Fsp3) is 0.542. The SMILES string of the molecule is CCC(C)C(N)C(=O)NC(Cc1ccc(O)cc1)C(=O)NC(CCSC)C(=O)NC(CC(=O)O)C(=O)O. The molecule has 1 aromatic carbocycles. The fourth-order valence-electron chi connectivity index (χ4n) is 3.28. The maximum atomic E-state index is 13.3. The molecule has 1 aromatic rings. The molecule has 3 amide bonds. The number of aliphatic carboxylic acids is 2. The van der Waals surface area contributed by atoms with E-state index in [0.717, 1.165) is 0 Å². The summed E-state index contributed by atoms with van der Waals surface area (Å²) in [6.45, 7) is 3.68. The summed E-state index contributed by atoms with van der Waals surface area (Å²) in [5, 5.41) is 35.1. The Bertz CT molecular complexity index is 943. The molecule has 0 saturated heterocycles. The molecule has 12 nitrogen and oxygen atoms in total. The lowest BCUT2D eigenvalue weighted by atomic mass is 9.98. The second kappa shape index (κ2) is 15.7. The highest BCUT2D eigenvalue weighted by atomic mass is 32.2. The number of phenols is 1. The summed E-state index contributed by atoms with van der Waals surface area (Å²) < 4.78 is 0. The second-order valence-electron chi connectivity index (χ2n) is 8.68. The third-order valence-corrected chi connectivity index (χ3v) is 6.45. The Morgan fingerprint density at radius 2 is 1.46 bits per heavy atom. The number of rotatable bonds is 16. The Labute approximate surface area is 219 Å². The summed E-state index contributed by atoms with van der Waals surface area (Å²) in [4.78, 5) is 61.2. The second-order valence-corrected chi connectivity index (χ2v) is 9.67. The van der Waals surface area contributed by atoms with E-state index in [0.29, 0.717) is 17.7 Å². The molecule has 0 aromatic heterocycles. The Morgan fingerprint density at radius 1 is 0.919 bits per heavy atom. The number of carboxylic acid groups (broad SMARTS) is 2. The minimum atomic E-state index is -1.68. The molecule has 0 spiro atoms. The van der Waals surface area contributed by atoms with Gasteiger partial charge in [-0.05, 0) is 42.0 Å². The highest BCUT2D eigenvalue weighted by molar-refractivity contribution is 7.98. The smallest absolute Gasteiger partial charge is 0.326 e. The zero-order chi connectivity index (χ0) is 28.1. The van der Waals surface area contributed by atoms with Gasteiger partial charge in [0.1, 0.15) is 23.9 Å². The molecule has 37 heavy (non-hydrogen) atoms. The first-order valence-corrected chi connectivity index (χ1v) is 13.2. The molecule has 0 aliphatic rings. The summed E-state index contributed by atoms with van der Waals surface area (Å²) in [6.07, 6.45) is 1.74. The average Bonchev–Trinajstić information content (AvgIpc) is 2.85. The van der Waals surface area contributed by atoms with Gasteiger partial charge in [-0.15, -0.1) is 0 Å². The van der Waals surface area contributed by atoms with Crippen molar-refractivity contribution in [1.82, 2.24) is 16.0 Å². The molecule has 0 saturated carbocycles. The quantitative estimate of drug-likeness (QED) is 0.150. The van der Waals surface area contributed by atoms with Crippen molar-refractivity contribution in [2.24, 2.45) is 11.7 Å². The number of amides is 3. The number of phenolic OH excluding ortho intramolecular Hbond substituents is 1. The summed E-state index contributed by atoms with van der Waals surface area (Å²) >= 11 is 1.39. The first kappa shape index (κ1) is 31.7. The lowest BCUT2D eigenvalue weighted by Gasteiger charge is -2.26. The highest BCUT2D eigenvalue weighted by Crippen LogP contribution is 2.13. The van der Waals surface area contributed by atoms with Gasteiger partial charge in [-0.3, -0.25) is 19.2 Å². The van der Waals surface area contributed by atoms with Gasteiger partial charge in [0.05, 0.1) is 12.5 Å². The maximum absolute atomic E-state index is 13.3. The third kappa shape index (κ3) is 11.1. The van der Waals surface area contributed by atoms with E-state index in [1.165, 1.54) is 23.9 Å². The van der Waals surface area contributed by atoms with Crippen molar-refractivity contribution in [3.8, 4) is 5.75 Å². The summed E-state index contributed by atoms with van der Waals surface area (Å²) in [6, 6.07) is 1.15. The van der Waals surface area contributed by atoms with E-state index >= 15 is 0 Å². The van der Waals surface area contributed by atoms with Crippen molar-refractivity contribution in [2.45, 2.75) is 63.7 Å². The summed E-state index contributed by atoms with van der Waals surface area (Å²) in [5.41, 5.74) is 6.64. The molecule has 0 aliphatic heterocycles. The lowest BCUT2D eigenvalue weighted by Crippen LogP contribution is -2.58. The molecule has 13 heteroatoms. The van der Waals surface area contributed by atoms with Gasteiger partial charge in [0.2, 0.25) is 17.7 Å². The standard InChI is InChI=1S/C24H36N4O8S/c1-4-13(2)20(25)23(34)27-17(11-14-5-7-15(29)8-6-14)22(33)26-16(9-10-37-3)21(32)28-18(24(35)36)12-19(30)31/h5-8,13,16-18,20,29H,4,9-12,25H2,1-3H3,(H,26,33)(H,27,34)(H,28,32)(H,30,31)(H,35,36). The number of thioether (sulfide) groups is 1. The van der Waals surface area contributed by atoms with Crippen LogP contribution >= 0.6 is 11.8 Å². The van der Waals surface area contributed by atoms with Crippen molar-refractivity contribution < 1.29 is 39.3 Å². The zero-order valence-corrected chi connectivity index (χ0v) is 21.9. The molecule has 0 fully saturated rings. The van der Waals surface area contributed by atoms with Crippen LogP contribution in [0.3, 0.4) is 0 Å². The first-order valence-electron chi connectivity index (χ1n) is 11.8. The van der Waals surface area contributed by atoms with Crippen LogP contribution < -0.4 is 21.7 Å². The molecule has 8 N–H and O–H groups in total. The molecule has 5 atom stereocenters. The van der Waals surface area contributed by atoms with Crippen molar-refractivity contribution in [2.75, 3.05) is 12.0 Å². The van der Waals surface area contributed by atoms with Gasteiger partial charge in [0.25, 0.3) is 0 Å². The molecule has 206 valence electrons. The number of hydrogen-bond donors (Lipinski definition) is 7. The topological polar surface area (TPSA) is 208 Å². The number of aromatic hydroxyl groups is 1. The molecular formula is C24H36N4O8S.